The Morgan fingerprint density at radius 3 is 1.26 bits per heavy atom. The molecule has 1 aromatic carbocycles. The van der Waals surface area contributed by atoms with Crippen LogP contribution in [-0.4, -0.2) is 33.0 Å². The van der Waals surface area contributed by atoms with Crippen molar-refractivity contribution in [1.82, 2.24) is 0 Å². The molecule has 0 heterocycles. The summed E-state index contributed by atoms with van der Waals surface area (Å²) in [6.07, 6.45) is 31.7. The second-order valence-corrected chi connectivity index (χ2v) is 11.5. The summed E-state index contributed by atoms with van der Waals surface area (Å²) in [6.45, 7) is 7.97. The maximum atomic E-state index is 5.81. The fourth-order valence-electron chi connectivity index (χ4n) is 5.15. The molecular weight excluding hydrogens is 480 g/mol. The summed E-state index contributed by atoms with van der Waals surface area (Å²) in [7, 11) is 0. The van der Waals surface area contributed by atoms with Crippen LogP contribution in [0.25, 0.3) is 0 Å². The summed E-state index contributed by atoms with van der Waals surface area (Å²) in [4.78, 5) is 0. The van der Waals surface area contributed by atoms with Crippen molar-refractivity contribution in [3.63, 3.8) is 0 Å². The first-order valence-corrected chi connectivity index (χ1v) is 17.2. The molecule has 3 heteroatoms. The van der Waals surface area contributed by atoms with Gasteiger partial charge in [0, 0.05) is 6.61 Å². The molecule has 0 fully saturated rings. The van der Waals surface area contributed by atoms with E-state index in [1.54, 1.807) is 0 Å². The zero-order chi connectivity index (χ0) is 27.9. The summed E-state index contributed by atoms with van der Waals surface area (Å²) in [5, 5.41) is 0. The van der Waals surface area contributed by atoms with Gasteiger partial charge in [-0.3, -0.25) is 0 Å². The molecule has 0 aliphatic heterocycles. The quantitative estimate of drug-likeness (QED) is 0.0867. The summed E-state index contributed by atoms with van der Waals surface area (Å²) in [5.74, 6) is 0.935. The summed E-state index contributed by atoms with van der Waals surface area (Å²) >= 11 is 0. The lowest BCUT2D eigenvalue weighted by molar-refractivity contribution is 0.0352. The van der Waals surface area contributed by atoms with Gasteiger partial charge in [0.25, 0.3) is 0 Å². The molecule has 0 aromatic heterocycles. The van der Waals surface area contributed by atoms with Crippen LogP contribution in [-0.2, 0) is 15.9 Å². The van der Waals surface area contributed by atoms with Gasteiger partial charge in [-0.05, 0) is 37.0 Å². The molecule has 0 amide bonds. The zero-order valence-electron chi connectivity index (χ0n) is 26.3. The van der Waals surface area contributed by atoms with Gasteiger partial charge in [-0.1, -0.05) is 154 Å². The molecule has 1 rings (SSSR count). The standard InChI is InChI=1S/C36H66O3/c1-3-5-7-9-11-12-13-14-15-16-17-18-19-20-22-24-30-37-31-32-38-33-34-39-36-28-26-35(27-29-36)25-23-21-10-8-6-4-2/h26-29H,3-25,30-34H2,1-2H3. The highest BCUT2D eigenvalue weighted by atomic mass is 16.5. The summed E-state index contributed by atoms with van der Waals surface area (Å²) < 4.78 is 17.2. The van der Waals surface area contributed by atoms with Crippen molar-refractivity contribution in [3.8, 4) is 5.75 Å². The van der Waals surface area contributed by atoms with E-state index in [0.29, 0.717) is 26.4 Å². The minimum Gasteiger partial charge on any atom is -0.491 e. The van der Waals surface area contributed by atoms with E-state index in [4.69, 9.17) is 14.2 Å². The van der Waals surface area contributed by atoms with Crippen molar-refractivity contribution in [2.45, 2.75) is 162 Å². The average molecular weight is 547 g/mol. The van der Waals surface area contributed by atoms with Crippen LogP contribution in [0.5, 0.6) is 5.75 Å². The minimum absolute atomic E-state index is 0.593. The normalized spacial score (nSPS) is 11.3. The highest BCUT2D eigenvalue weighted by Gasteiger charge is 1.99. The molecule has 39 heavy (non-hydrogen) atoms. The third-order valence-corrected chi connectivity index (χ3v) is 7.75. The van der Waals surface area contributed by atoms with Crippen molar-refractivity contribution >= 4 is 0 Å². The SMILES string of the molecule is CCCCCCCCCCCCCCCCCCOCCOCCOc1ccc(CCCCCCCC)cc1. The maximum Gasteiger partial charge on any atom is 0.119 e. The highest BCUT2D eigenvalue weighted by molar-refractivity contribution is 5.27. The first kappa shape index (κ1) is 36.0. The van der Waals surface area contributed by atoms with Crippen LogP contribution in [0.3, 0.4) is 0 Å². The lowest BCUT2D eigenvalue weighted by Gasteiger charge is -2.09. The molecule has 0 radical (unpaired) electrons. The lowest BCUT2D eigenvalue weighted by Crippen LogP contribution is -2.11. The topological polar surface area (TPSA) is 27.7 Å². The van der Waals surface area contributed by atoms with Gasteiger partial charge in [0.05, 0.1) is 19.8 Å². The molecule has 0 aliphatic carbocycles. The fourth-order valence-corrected chi connectivity index (χ4v) is 5.15. The molecule has 0 bridgehead atoms. The van der Waals surface area contributed by atoms with E-state index in [-0.39, 0.29) is 0 Å². The van der Waals surface area contributed by atoms with Crippen molar-refractivity contribution < 1.29 is 14.2 Å². The van der Waals surface area contributed by atoms with Gasteiger partial charge in [0.1, 0.15) is 12.4 Å². The lowest BCUT2D eigenvalue weighted by atomic mass is 10.0. The second kappa shape index (κ2) is 29.9. The molecule has 0 N–H and O–H groups in total. The van der Waals surface area contributed by atoms with Crippen molar-refractivity contribution in [2.24, 2.45) is 0 Å². The summed E-state index contributed by atoms with van der Waals surface area (Å²) in [6, 6.07) is 8.59. The van der Waals surface area contributed by atoms with E-state index in [9.17, 15) is 0 Å². The first-order valence-electron chi connectivity index (χ1n) is 17.2. The van der Waals surface area contributed by atoms with Crippen LogP contribution in [0.15, 0.2) is 24.3 Å². The van der Waals surface area contributed by atoms with Gasteiger partial charge in [-0.2, -0.15) is 0 Å². The van der Waals surface area contributed by atoms with E-state index in [1.807, 2.05) is 0 Å². The highest BCUT2D eigenvalue weighted by Crippen LogP contribution is 2.16. The predicted molar refractivity (Wildman–Crippen MR) is 170 cm³/mol. The molecule has 0 aliphatic rings. The molecule has 0 saturated carbocycles. The monoisotopic (exact) mass is 547 g/mol. The zero-order valence-corrected chi connectivity index (χ0v) is 26.3. The van der Waals surface area contributed by atoms with Gasteiger partial charge in [0.15, 0.2) is 0 Å². The van der Waals surface area contributed by atoms with Crippen molar-refractivity contribution in [1.29, 1.82) is 0 Å². The second-order valence-electron chi connectivity index (χ2n) is 11.5. The molecule has 1 aromatic rings. The van der Waals surface area contributed by atoms with E-state index in [2.05, 4.69) is 38.1 Å². The van der Waals surface area contributed by atoms with E-state index in [1.165, 1.54) is 153 Å². The Hall–Kier alpha value is -1.06. The Morgan fingerprint density at radius 1 is 0.385 bits per heavy atom. The van der Waals surface area contributed by atoms with Gasteiger partial charge in [-0.15, -0.1) is 0 Å². The molecule has 228 valence electrons. The Balaban J connectivity index is 1.75. The van der Waals surface area contributed by atoms with Crippen LogP contribution >= 0.6 is 0 Å². The van der Waals surface area contributed by atoms with E-state index < -0.39 is 0 Å². The number of aryl methyl sites for hydroxylation is 1. The number of unbranched alkanes of at least 4 members (excludes halogenated alkanes) is 20. The summed E-state index contributed by atoms with van der Waals surface area (Å²) in [5.41, 5.74) is 1.41. The van der Waals surface area contributed by atoms with Crippen LogP contribution in [0, 0.1) is 0 Å². The van der Waals surface area contributed by atoms with Crippen LogP contribution in [0.2, 0.25) is 0 Å². The molecular formula is C36H66O3. The first-order chi connectivity index (χ1) is 19.4. The van der Waals surface area contributed by atoms with Crippen molar-refractivity contribution in [2.75, 3.05) is 33.0 Å². The van der Waals surface area contributed by atoms with Crippen molar-refractivity contribution in [3.05, 3.63) is 29.8 Å². The fraction of sp³-hybridized carbons (Fsp3) is 0.833. The Kier molecular flexibility index (Phi) is 27.6. The molecule has 0 saturated heterocycles. The van der Waals surface area contributed by atoms with Gasteiger partial charge < -0.3 is 14.2 Å². The number of hydrogen-bond donors (Lipinski definition) is 0. The minimum atomic E-state index is 0.593. The molecule has 3 nitrogen and oxygen atoms in total. The Labute approximate surface area is 244 Å². The van der Waals surface area contributed by atoms with Gasteiger partial charge in [-0.25, -0.2) is 0 Å². The largest absolute Gasteiger partial charge is 0.491 e. The number of ether oxygens (including phenoxy) is 3. The molecule has 0 atom stereocenters. The average Bonchev–Trinajstić information content (AvgIpc) is 2.96. The van der Waals surface area contributed by atoms with E-state index >= 15 is 0 Å². The Morgan fingerprint density at radius 2 is 0.769 bits per heavy atom. The van der Waals surface area contributed by atoms with Gasteiger partial charge >= 0.3 is 0 Å². The third kappa shape index (κ3) is 25.6. The Bertz CT molecular complexity index is 585. The number of benzene rings is 1. The van der Waals surface area contributed by atoms with E-state index in [0.717, 1.165) is 12.4 Å². The van der Waals surface area contributed by atoms with Crippen LogP contribution in [0.4, 0.5) is 0 Å². The number of rotatable bonds is 31. The molecule has 0 spiro atoms. The van der Waals surface area contributed by atoms with Crippen LogP contribution in [0.1, 0.15) is 161 Å². The predicted octanol–water partition coefficient (Wildman–Crippen LogP) is 11.3. The number of hydrogen-bond acceptors (Lipinski definition) is 3. The third-order valence-electron chi connectivity index (χ3n) is 7.75. The molecule has 0 unspecified atom stereocenters. The maximum absolute atomic E-state index is 5.81. The smallest absolute Gasteiger partial charge is 0.119 e. The van der Waals surface area contributed by atoms with Crippen LogP contribution < -0.4 is 4.74 Å². The van der Waals surface area contributed by atoms with Gasteiger partial charge in [0.2, 0.25) is 0 Å².